The molecule has 0 aliphatic heterocycles. The van der Waals surface area contributed by atoms with Gasteiger partial charge in [-0.2, -0.15) is 0 Å². The predicted octanol–water partition coefficient (Wildman–Crippen LogP) is 2.95. The average Bonchev–Trinajstić information content (AvgIpc) is 2.94. The second-order valence-electron chi connectivity index (χ2n) is 5.61. The molecule has 138 valence electrons. The van der Waals surface area contributed by atoms with Crippen molar-refractivity contribution in [1.82, 2.24) is 4.98 Å². The smallest absolute Gasteiger partial charge is 0.355 e. The molecular weight excluding hydrogens is 338 g/mol. The molecule has 7 nitrogen and oxygen atoms in total. The Labute approximate surface area is 151 Å². The molecule has 7 heteroatoms. The number of methoxy groups -OCH3 is 1. The molecule has 0 fully saturated rings. The van der Waals surface area contributed by atoms with Gasteiger partial charge in [0.1, 0.15) is 12.3 Å². The molecule has 0 spiro atoms. The van der Waals surface area contributed by atoms with Gasteiger partial charge in [0.15, 0.2) is 0 Å². The first-order chi connectivity index (χ1) is 12.4. The van der Waals surface area contributed by atoms with Crippen LogP contribution in [-0.4, -0.2) is 36.6 Å². The first-order valence-electron chi connectivity index (χ1n) is 8.09. The summed E-state index contributed by atoms with van der Waals surface area (Å²) < 4.78 is 14.9. The van der Waals surface area contributed by atoms with Gasteiger partial charge in [0.05, 0.1) is 24.8 Å². The third kappa shape index (κ3) is 4.11. The fraction of sp³-hybridized carbons (Fsp3) is 0.316. The second-order valence-corrected chi connectivity index (χ2v) is 5.61. The van der Waals surface area contributed by atoms with Gasteiger partial charge in [-0.3, -0.25) is 0 Å². The molecule has 2 aromatic rings. The number of hydrogen-bond donors (Lipinski definition) is 1. The van der Waals surface area contributed by atoms with Crippen molar-refractivity contribution < 1.29 is 28.6 Å². The number of aromatic amines is 1. The standard InChI is InChI=1S/C19H21NO6/c1-5-25-18(22)15-11(2)16(20-12(15)3)19(23)26-10-13-6-8-14(9-7-13)17(21)24-4/h6-9,20H,5,10H2,1-4H3. The lowest BCUT2D eigenvalue weighted by Gasteiger charge is -2.06. The number of carbonyl (C=O) groups excluding carboxylic acids is 3. The highest BCUT2D eigenvalue weighted by atomic mass is 16.5. The van der Waals surface area contributed by atoms with Gasteiger partial charge in [-0.15, -0.1) is 0 Å². The van der Waals surface area contributed by atoms with Crippen LogP contribution in [0.2, 0.25) is 0 Å². The third-order valence-corrected chi connectivity index (χ3v) is 3.87. The molecular formula is C19H21NO6. The van der Waals surface area contributed by atoms with Crippen molar-refractivity contribution in [2.75, 3.05) is 13.7 Å². The molecule has 1 heterocycles. The largest absolute Gasteiger partial charge is 0.465 e. The maximum Gasteiger partial charge on any atom is 0.355 e. The highest BCUT2D eigenvalue weighted by molar-refractivity contribution is 5.98. The van der Waals surface area contributed by atoms with E-state index in [1.807, 2.05) is 0 Å². The number of benzene rings is 1. The van der Waals surface area contributed by atoms with E-state index in [1.54, 1.807) is 45.0 Å². The molecule has 0 radical (unpaired) electrons. The van der Waals surface area contributed by atoms with E-state index in [-0.39, 0.29) is 18.9 Å². The van der Waals surface area contributed by atoms with Crippen molar-refractivity contribution in [2.24, 2.45) is 0 Å². The van der Waals surface area contributed by atoms with Crippen LogP contribution in [0.3, 0.4) is 0 Å². The molecule has 0 saturated heterocycles. The van der Waals surface area contributed by atoms with Crippen LogP contribution in [0.4, 0.5) is 0 Å². The van der Waals surface area contributed by atoms with E-state index in [0.29, 0.717) is 22.4 Å². The molecule has 0 saturated carbocycles. The molecule has 1 N–H and O–H groups in total. The zero-order valence-corrected chi connectivity index (χ0v) is 15.2. The summed E-state index contributed by atoms with van der Waals surface area (Å²) in [6.07, 6.45) is 0. The number of aromatic nitrogens is 1. The van der Waals surface area contributed by atoms with Crippen LogP contribution in [0.5, 0.6) is 0 Å². The van der Waals surface area contributed by atoms with E-state index in [9.17, 15) is 14.4 Å². The Kier molecular flexibility index (Phi) is 6.16. The maximum absolute atomic E-state index is 12.3. The second kappa shape index (κ2) is 8.33. The minimum atomic E-state index is -0.571. The fourth-order valence-corrected chi connectivity index (χ4v) is 2.54. The van der Waals surface area contributed by atoms with E-state index < -0.39 is 17.9 Å². The molecule has 1 aromatic carbocycles. The van der Waals surface area contributed by atoms with Gasteiger partial charge in [-0.05, 0) is 44.0 Å². The molecule has 0 aliphatic carbocycles. The normalized spacial score (nSPS) is 10.3. The Hall–Kier alpha value is -3.09. The maximum atomic E-state index is 12.3. The van der Waals surface area contributed by atoms with E-state index in [1.165, 1.54) is 7.11 Å². The molecule has 0 atom stereocenters. The van der Waals surface area contributed by atoms with Gasteiger partial charge in [-0.1, -0.05) is 12.1 Å². The predicted molar refractivity (Wildman–Crippen MR) is 93.1 cm³/mol. The summed E-state index contributed by atoms with van der Waals surface area (Å²) in [5.41, 5.74) is 2.75. The third-order valence-electron chi connectivity index (χ3n) is 3.87. The number of rotatable bonds is 6. The molecule has 2 rings (SSSR count). The van der Waals surface area contributed by atoms with Gasteiger partial charge in [0, 0.05) is 5.69 Å². The fourth-order valence-electron chi connectivity index (χ4n) is 2.54. The Morgan fingerprint density at radius 1 is 0.962 bits per heavy atom. The first kappa shape index (κ1) is 19.2. The summed E-state index contributed by atoms with van der Waals surface area (Å²) in [6.45, 7) is 5.37. The van der Waals surface area contributed by atoms with Crippen molar-refractivity contribution in [3.8, 4) is 0 Å². The van der Waals surface area contributed by atoms with Crippen LogP contribution in [0.1, 0.15) is 54.9 Å². The Bertz CT molecular complexity index is 819. The summed E-state index contributed by atoms with van der Waals surface area (Å²) in [6, 6.07) is 6.54. The number of esters is 3. The van der Waals surface area contributed by atoms with E-state index in [2.05, 4.69) is 9.72 Å². The number of hydrogen-bond acceptors (Lipinski definition) is 6. The first-order valence-corrected chi connectivity index (χ1v) is 8.09. The summed E-state index contributed by atoms with van der Waals surface area (Å²) in [5, 5.41) is 0. The van der Waals surface area contributed by atoms with Gasteiger partial charge in [0.2, 0.25) is 0 Å². The van der Waals surface area contributed by atoms with Crippen LogP contribution in [0.15, 0.2) is 24.3 Å². The lowest BCUT2D eigenvalue weighted by atomic mass is 10.1. The van der Waals surface area contributed by atoms with Gasteiger partial charge >= 0.3 is 17.9 Å². The minimum absolute atomic E-state index is 0.0343. The van der Waals surface area contributed by atoms with Gasteiger partial charge in [0.25, 0.3) is 0 Å². The Morgan fingerprint density at radius 3 is 2.19 bits per heavy atom. The van der Waals surface area contributed by atoms with Crippen molar-refractivity contribution in [3.05, 3.63) is 57.9 Å². The van der Waals surface area contributed by atoms with Crippen LogP contribution >= 0.6 is 0 Å². The Morgan fingerprint density at radius 2 is 1.62 bits per heavy atom. The molecule has 1 aromatic heterocycles. The van der Waals surface area contributed by atoms with Crippen LogP contribution < -0.4 is 0 Å². The highest BCUT2D eigenvalue weighted by Crippen LogP contribution is 2.20. The highest BCUT2D eigenvalue weighted by Gasteiger charge is 2.23. The SMILES string of the molecule is CCOC(=O)c1c(C)[nH]c(C(=O)OCc2ccc(C(=O)OC)cc2)c1C. The van der Waals surface area contributed by atoms with Crippen molar-refractivity contribution >= 4 is 17.9 Å². The van der Waals surface area contributed by atoms with Crippen molar-refractivity contribution in [1.29, 1.82) is 0 Å². The zero-order chi connectivity index (χ0) is 19.3. The quantitative estimate of drug-likeness (QED) is 0.629. The molecule has 0 amide bonds. The van der Waals surface area contributed by atoms with Crippen LogP contribution in [0, 0.1) is 13.8 Å². The van der Waals surface area contributed by atoms with Crippen molar-refractivity contribution in [3.63, 3.8) is 0 Å². The molecule has 0 bridgehead atoms. The van der Waals surface area contributed by atoms with E-state index in [0.717, 1.165) is 5.56 Å². The topological polar surface area (TPSA) is 94.7 Å². The lowest BCUT2D eigenvalue weighted by molar-refractivity contribution is 0.0464. The lowest BCUT2D eigenvalue weighted by Crippen LogP contribution is -2.09. The average molecular weight is 359 g/mol. The molecule has 0 aliphatic rings. The minimum Gasteiger partial charge on any atom is -0.465 e. The van der Waals surface area contributed by atoms with E-state index >= 15 is 0 Å². The summed E-state index contributed by atoms with van der Waals surface area (Å²) >= 11 is 0. The van der Waals surface area contributed by atoms with E-state index in [4.69, 9.17) is 9.47 Å². The van der Waals surface area contributed by atoms with Crippen molar-refractivity contribution in [2.45, 2.75) is 27.4 Å². The van der Waals surface area contributed by atoms with Gasteiger partial charge < -0.3 is 19.2 Å². The number of aryl methyl sites for hydroxylation is 1. The monoisotopic (exact) mass is 359 g/mol. The number of nitrogens with one attached hydrogen (secondary N) is 1. The van der Waals surface area contributed by atoms with Crippen LogP contribution in [-0.2, 0) is 20.8 Å². The number of H-pyrrole nitrogens is 1. The summed E-state index contributed by atoms with van der Waals surface area (Å²) in [5.74, 6) is -1.48. The zero-order valence-electron chi connectivity index (χ0n) is 15.2. The molecule has 0 unspecified atom stereocenters. The summed E-state index contributed by atoms with van der Waals surface area (Å²) in [7, 11) is 1.31. The Balaban J connectivity index is 2.07. The summed E-state index contributed by atoms with van der Waals surface area (Å²) in [4.78, 5) is 38.6. The number of carbonyl (C=O) groups is 3. The number of ether oxygens (including phenoxy) is 3. The van der Waals surface area contributed by atoms with Crippen LogP contribution in [0.25, 0.3) is 0 Å². The molecule has 26 heavy (non-hydrogen) atoms. The van der Waals surface area contributed by atoms with Gasteiger partial charge in [-0.25, -0.2) is 14.4 Å².